The quantitative estimate of drug-likeness (QED) is 0.623. The van der Waals surface area contributed by atoms with Gasteiger partial charge in [0.1, 0.15) is 0 Å². The van der Waals surface area contributed by atoms with Crippen LogP contribution in [0.5, 0.6) is 0 Å². The van der Waals surface area contributed by atoms with Crippen molar-refractivity contribution in [3.63, 3.8) is 0 Å². The summed E-state index contributed by atoms with van der Waals surface area (Å²) in [5.74, 6) is 0. The van der Waals surface area contributed by atoms with Crippen molar-refractivity contribution in [2.75, 3.05) is 0 Å². The van der Waals surface area contributed by atoms with E-state index in [4.69, 9.17) is 0 Å². The first-order valence-electron chi connectivity index (χ1n) is 4.04. The van der Waals surface area contributed by atoms with Crippen molar-refractivity contribution in [1.29, 1.82) is 0 Å². The summed E-state index contributed by atoms with van der Waals surface area (Å²) in [6.45, 7) is 0. The topological polar surface area (TPSA) is 0 Å². The summed E-state index contributed by atoms with van der Waals surface area (Å²) in [4.78, 5) is 0. The minimum atomic E-state index is -2.38. The van der Waals surface area contributed by atoms with E-state index in [2.05, 4.69) is 0 Å². The van der Waals surface area contributed by atoms with Crippen LogP contribution in [0.15, 0.2) is 42.5 Å². The number of benzene rings is 2. The molecule has 2 heteroatoms. The van der Waals surface area contributed by atoms with Crippen molar-refractivity contribution >= 4 is 10.8 Å². The Kier molecular flexibility index (Phi) is 1.97. The highest BCUT2D eigenvalue weighted by Crippen LogP contribution is 2.23. The third-order valence-corrected chi connectivity index (χ3v) is 2.03. The third kappa shape index (κ3) is 1.52. The Hall–Kier alpha value is -1.44. The Bertz CT molecular complexity index is 421. The molecule has 66 valence electrons. The molecule has 0 heterocycles. The van der Waals surface area contributed by atoms with Gasteiger partial charge in [-0.05, 0) is 16.8 Å². The molecule has 0 nitrogen and oxygen atoms in total. The molecule has 0 saturated heterocycles. The summed E-state index contributed by atoms with van der Waals surface area (Å²) in [7, 11) is 0. The van der Waals surface area contributed by atoms with E-state index in [9.17, 15) is 8.78 Å². The smallest absolute Gasteiger partial charge is 0.205 e. The van der Waals surface area contributed by atoms with Crippen LogP contribution in [0, 0.1) is 0 Å². The van der Waals surface area contributed by atoms with Crippen LogP contribution in [-0.4, -0.2) is 0 Å². The van der Waals surface area contributed by atoms with E-state index in [0.717, 1.165) is 10.8 Å². The van der Waals surface area contributed by atoms with Gasteiger partial charge in [-0.3, -0.25) is 0 Å². The van der Waals surface area contributed by atoms with Crippen molar-refractivity contribution in [2.45, 2.75) is 6.43 Å². The molecule has 0 radical (unpaired) electrons. The van der Waals surface area contributed by atoms with Crippen molar-refractivity contribution in [2.24, 2.45) is 0 Å². The summed E-state index contributed by atoms with van der Waals surface area (Å²) in [5, 5.41) is 1.85. The van der Waals surface area contributed by atoms with Gasteiger partial charge in [-0.15, -0.1) is 0 Å². The Morgan fingerprint density at radius 3 is 2.23 bits per heavy atom. The Balaban J connectivity index is 2.62. The maximum Gasteiger partial charge on any atom is 0.263 e. The lowest BCUT2D eigenvalue weighted by Crippen LogP contribution is -1.83. The first kappa shape index (κ1) is 8.17. The minimum absolute atomic E-state index is 0.0821. The van der Waals surface area contributed by atoms with E-state index < -0.39 is 6.43 Å². The SMILES string of the molecule is FC(F)c1ccc2ccccc2c1. The highest BCUT2D eigenvalue weighted by molar-refractivity contribution is 5.83. The molecule has 0 aliphatic carbocycles. The summed E-state index contributed by atoms with van der Waals surface area (Å²) in [5.41, 5.74) is 0.0821. The molecular weight excluding hydrogens is 170 g/mol. The van der Waals surface area contributed by atoms with E-state index in [-0.39, 0.29) is 5.56 Å². The van der Waals surface area contributed by atoms with E-state index in [1.165, 1.54) is 12.1 Å². The van der Waals surface area contributed by atoms with Crippen LogP contribution >= 0.6 is 0 Å². The summed E-state index contributed by atoms with van der Waals surface area (Å²) in [6.07, 6.45) is -2.38. The van der Waals surface area contributed by atoms with Gasteiger partial charge >= 0.3 is 0 Å². The molecule has 0 atom stereocenters. The summed E-state index contributed by atoms with van der Waals surface area (Å²) in [6, 6.07) is 12.2. The number of hydrogen-bond acceptors (Lipinski definition) is 0. The first-order chi connectivity index (χ1) is 6.27. The standard InChI is InChI=1S/C11H8F2/c12-11(13)10-6-5-8-3-1-2-4-9(8)7-10/h1-7,11H. The molecule has 0 aromatic heterocycles. The molecule has 0 saturated carbocycles. The van der Waals surface area contributed by atoms with Gasteiger partial charge in [0, 0.05) is 5.56 Å². The second-order valence-corrected chi connectivity index (χ2v) is 2.91. The molecule has 0 fully saturated rings. The third-order valence-electron chi connectivity index (χ3n) is 2.03. The highest BCUT2D eigenvalue weighted by atomic mass is 19.3. The molecule has 0 spiro atoms. The second kappa shape index (κ2) is 3.13. The van der Waals surface area contributed by atoms with E-state index >= 15 is 0 Å². The lowest BCUT2D eigenvalue weighted by atomic mass is 10.1. The minimum Gasteiger partial charge on any atom is -0.205 e. The normalized spacial score (nSPS) is 11.0. The fourth-order valence-electron chi connectivity index (χ4n) is 1.34. The number of hydrogen-bond donors (Lipinski definition) is 0. The number of fused-ring (bicyclic) bond motifs is 1. The van der Waals surface area contributed by atoms with E-state index in [0.29, 0.717) is 0 Å². The van der Waals surface area contributed by atoms with Gasteiger partial charge in [-0.2, -0.15) is 0 Å². The van der Waals surface area contributed by atoms with Crippen molar-refractivity contribution in [3.8, 4) is 0 Å². The molecule has 2 aromatic carbocycles. The predicted molar refractivity (Wildman–Crippen MR) is 48.9 cm³/mol. The Morgan fingerprint density at radius 2 is 1.54 bits per heavy atom. The van der Waals surface area contributed by atoms with Gasteiger partial charge in [0.15, 0.2) is 0 Å². The zero-order chi connectivity index (χ0) is 9.26. The van der Waals surface area contributed by atoms with Crippen molar-refractivity contribution in [3.05, 3.63) is 48.0 Å². The second-order valence-electron chi connectivity index (χ2n) is 2.91. The maximum absolute atomic E-state index is 12.3. The monoisotopic (exact) mass is 178 g/mol. The summed E-state index contributed by atoms with van der Waals surface area (Å²) < 4.78 is 24.6. The average molecular weight is 178 g/mol. The van der Waals surface area contributed by atoms with E-state index in [1.807, 2.05) is 24.3 Å². The summed E-state index contributed by atoms with van der Waals surface area (Å²) >= 11 is 0. The van der Waals surface area contributed by atoms with Crippen molar-refractivity contribution in [1.82, 2.24) is 0 Å². The van der Waals surface area contributed by atoms with Gasteiger partial charge in [-0.25, -0.2) is 8.78 Å². The van der Waals surface area contributed by atoms with Crippen LogP contribution in [0.4, 0.5) is 8.78 Å². The predicted octanol–water partition coefficient (Wildman–Crippen LogP) is 3.78. The molecule has 0 aliphatic rings. The van der Waals surface area contributed by atoms with E-state index in [1.54, 1.807) is 6.07 Å². The van der Waals surface area contributed by atoms with Crippen LogP contribution in [-0.2, 0) is 0 Å². The molecule has 0 bridgehead atoms. The van der Waals surface area contributed by atoms with Gasteiger partial charge in [0.25, 0.3) is 6.43 Å². The van der Waals surface area contributed by atoms with Crippen LogP contribution < -0.4 is 0 Å². The molecule has 2 aromatic rings. The van der Waals surface area contributed by atoms with Gasteiger partial charge in [0.2, 0.25) is 0 Å². The number of rotatable bonds is 1. The zero-order valence-corrected chi connectivity index (χ0v) is 6.87. The maximum atomic E-state index is 12.3. The highest BCUT2D eigenvalue weighted by Gasteiger charge is 2.06. The Labute approximate surface area is 74.8 Å². The number of alkyl halides is 2. The average Bonchev–Trinajstić information content (AvgIpc) is 2.17. The van der Waals surface area contributed by atoms with Crippen LogP contribution in [0.3, 0.4) is 0 Å². The van der Waals surface area contributed by atoms with Crippen LogP contribution in [0.25, 0.3) is 10.8 Å². The molecular formula is C11H8F2. The van der Waals surface area contributed by atoms with Crippen LogP contribution in [0.1, 0.15) is 12.0 Å². The zero-order valence-electron chi connectivity index (χ0n) is 6.87. The molecule has 13 heavy (non-hydrogen) atoms. The molecule has 0 aliphatic heterocycles. The molecule has 0 N–H and O–H groups in total. The molecule has 2 rings (SSSR count). The number of halogens is 2. The fraction of sp³-hybridized carbons (Fsp3) is 0.0909. The first-order valence-corrected chi connectivity index (χ1v) is 4.04. The Morgan fingerprint density at radius 1 is 0.846 bits per heavy atom. The van der Waals surface area contributed by atoms with Crippen LogP contribution in [0.2, 0.25) is 0 Å². The molecule has 0 amide bonds. The fourth-order valence-corrected chi connectivity index (χ4v) is 1.34. The van der Waals surface area contributed by atoms with Gasteiger partial charge in [0.05, 0.1) is 0 Å². The largest absolute Gasteiger partial charge is 0.263 e. The van der Waals surface area contributed by atoms with Gasteiger partial charge in [-0.1, -0.05) is 36.4 Å². The lowest BCUT2D eigenvalue weighted by molar-refractivity contribution is 0.151. The lowest BCUT2D eigenvalue weighted by Gasteiger charge is -2.01. The molecule has 0 unspecified atom stereocenters. The van der Waals surface area contributed by atoms with Crippen molar-refractivity contribution < 1.29 is 8.78 Å². The van der Waals surface area contributed by atoms with Gasteiger partial charge < -0.3 is 0 Å².